The highest BCUT2D eigenvalue weighted by Gasteiger charge is 2.36. The second kappa shape index (κ2) is 4.50. The van der Waals surface area contributed by atoms with Crippen molar-refractivity contribution < 1.29 is 9.72 Å². The third-order valence-corrected chi connectivity index (χ3v) is 3.87. The first-order valence-electron chi connectivity index (χ1n) is 6.40. The Kier molecular flexibility index (Phi) is 2.81. The third-order valence-electron chi connectivity index (χ3n) is 3.87. The van der Waals surface area contributed by atoms with E-state index in [1.165, 1.54) is 12.1 Å². The molecule has 19 heavy (non-hydrogen) atoms. The van der Waals surface area contributed by atoms with Gasteiger partial charge in [0.2, 0.25) is 0 Å². The molecule has 0 N–H and O–H groups in total. The zero-order chi connectivity index (χ0) is 13.4. The highest BCUT2D eigenvalue weighted by molar-refractivity contribution is 6.01. The van der Waals surface area contributed by atoms with Crippen LogP contribution in [0.3, 0.4) is 0 Å². The molecule has 98 valence electrons. The summed E-state index contributed by atoms with van der Waals surface area (Å²) in [7, 11) is 0. The summed E-state index contributed by atoms with van der Waals surface area (Å²) in [6.45, 7) is 1.88. The number of allylic oxidation sites excluding steroid dienone is 1. The van der Waals surface area contributed by atoms with E-state index in [9.17, 15) is 14.9 Å². The number of nitro groups is 1. The zero-order valence-electron chi connectivity index (χ0n) is 10.4. The van der Waals surface area contributed by atoms with Gasteiger partial charge in [0.15, 0.2) is 5.78 Å². The second-order valence-corrected chi connectivity index (χ2v) is 5.00. The van der Waals surface area contributed by atoms with Crippen molar-refractivity contribution in [1.29, 1.82) is 0 Å². The first-order valence-corrected chi connectivity index (χ1v) is 6.40. The Morgan fingerprint density at radius 1 is 1.21 bits per heavy atom. The predicted octanol–water partition coefficient (Wildman–Crippen LogP) is 2.23. The van der Waals surface area contributed by atoms with Gasteiger partial charge in [0.1, 0.15) is 0 Å². The maximum atomic E-state index is 12.1. The fourth-order valence-corrected chi connectivity index (χ4v) is 2.76. The van der Waals surface area contributed by atoms with Crippen LogP contribution in [0.25, 0.3) is 6.08 Å². The molecule has 0 unspecified atom stereocenters. The van der Waals surface area contributed by atoms with Crippen LogP contribution >= 0.6 is 0 Å². The number of benzene rings is 1. The van der Waals surface area contributed by atoms with Gasteiger partial charge in [0.05, 0.1) is 10.6 Å². The van der Waals surface area contributed by atoms with Crippen molar-refractivity contribution in [2.45, 2.75) is 12.8 Å². The Hall–Kier alpha value is -2.17. The van der Waals surface area contributed by atoms with Gasteiger partial charge in [0.25, 0.3) is 5.69 Å². The second-order valence-electron chi connectivity index (χ2n) is 5.00. The molecule has 0 amide bonds. The number of carbonyl (C=O) groups is 1. The van der Waals surface area contributed by atoms with Gasteiger partial charge in [0, 0.05) is 31.1 Å². The number of nitro benzene ring substituents is 1. The minimum atomic E-state index is -0.422. The number of hydrogen-bond acceptors (Lipinski definition) is 4. The smallest absolute Gasteiger partial charge is 0.269 e. The first kappa shape index (κ1) is 11.9. The molecule has 0 spiro atoms. The zero-order valence-corrected chi connectivity index (χ0v) is 10.4. The number of rotatable bonds is 2. The van der Waals surface area contributed by atoms with Gasteiger partial charge in [-0.05, 0) is 36.6 Å². The van der Waals surface area contributed by atoms with E-state index in [1.54, 1.807) is 12.1 Å². The van der Waals surface area contributed by atoms with Crippen LogP contribution in [0.2, 0.25) is 0 Å². The third kappa shape index (κ3) is 2.12. The van der Waals surface area contributed by atoms with E-state index < -0.39 is 4.92 Å². The average molecular weight is 258 g/mol. The van der Waals surface area contributed by atoms with Gasteiger partial charge in [-0.15, -0.1) is 0 Å². The minimum absolute atomic E-state index is 0.0685. The van der Waals surface area contributed by atoms with Gasteiger partial charge in [-0.2, -0.15) is 0 Å². The first-order chi connectivity index (χ1) is 9.15. The molecular weight excluding hydrogens is 244 g/mol. The Balaban J connectivity index is 1.88. The van der Waals surface area contributed by atoms with Crippen LogP contribution in [-0.4, -0.2) is 28.7 Å². The molecule has 0 aliphatic carbocycles. The summed E-state index contributed by atoms with van der Waals surface area (Å²) in [5.41, 5.74) is 1.66. The van der Waals surface area contributed by atoms with Crippen molar-refractivity contribution in [3.8, 4) is 0 Å². The Morgan fingerprint density at radius 3 is 2.37 bits per heavy atom. The molecule has 0 radical (unpaired) electrons. The number of piperidine rings is 3. The summed E-state index contributed by atoms with van der Waals surface area (Å²) in [5, 5.41) is 10.6. The van der Waals surface area contributed by atoms with Crippen LogP contribution in [0.5, 0.6) is 0 Å². The number of nitrogens with zero attached hydrogens (tertiary/aromatic N) is 2. The van der Waals surface area contributed by atoms with Crippen LogP contribution in [0.1, 0.15) is 18.4 Å². The number of non-ortho nitro benzene ring substituents is 1. The Labute approximate surface area is 110 Å². The SMILES string of the molecule is O=C1/C(=C\c2ccc([N+](=O)[O-])cc2)N2CCC1CC2. The summed E-state index contributed by atoms with van der Waals surface area (Å²) in [6, 6.07) is 6.30. The largest absolute Gasteiger partial charge is 0.369 e. The topological polar surface area (TPSA) is 63.4 Å². The molecule has 3 aliphatic rings. The predicted molar refractivity (Wildman–Crippen MR) is 70.4 cm³/mol. The van der Waals surface area contributed by atoms with Crippen molar-refractivity contribution in [3.05, 3.63) is 45.6 Å². The number of hydrogen-bond donors (Lipinski definition) is 0. The van der Waals surface area contributed by atoms with E-state index in [0.29, 0.717) is 0 Å². The maximum Gasteiger partial charge on any atom is 0.269 e. The molecule has 3 heterocycles. The Morgan fingerprint density at radius 2 is 1.84 bits per heavy atom. The van der Waals surface area contributed by atoms with Crippen LogP contribution in [0, 0.1) is 16.0 Å². The van der Waals surface area contributed by atoms with Crippen molar-refractivity contribution in [1.82, 2.24) is 4.90 Å². The number of Topliss-reactive ketones (excluding diaryl/α,β-unsaturated/α-hetero) is 1. The molecular formula is C14H14N2O3. The maximum absolute atomic E-state index is 12.1. The van der Waals surface area contributed by atoms with E-state index in [4.69, 9.17) is 0 Å². The standard InChI is InChI=1S/C14H14N2O3/c17-14-11-5-7-15(8-6-11)13(14)9-10-1-3-12(4-2-10)16(18)19/h1-4,9,11H,5-8H2/b13-9+. The molecule has 4 rings (SSSR count). The van der Waals surface area contributed by atoms with E-state index in [1.807, 2.05) is 6.08 Å². The highest BCUT2D eigenvalue weighted by atomic mass is 16.6. The van der Waals surface area contributed by atoms with Gasteiger partial charge in [-0.25, -0.2) is 0 Å². The molecule has 0 saturated carbocycles. The quantitative estimate of drug-likeness (QED) is 0.463. The molecule has 5 nitrogen and oxygen atoms in total. The number of fused-ring (bicyclic) bond motifs is 3. The van der Waals surface area contributed by atoms with E-state index in [0.717, 1.165) is 37.2 Å². The Bertz CT molecular complexity index is 555. The lowest BCUT2D eigenvalue weighted by atomic mass is 9.84. The monoisotopic (exact) mass is 258 g/mol. The van der Waals surface area contributed by atoms with Crippen LogP contribution < -0.4 is 0 Å². The summed E-state index contributed by atoms with van der Waals surface area (Å²) >= 11 is 0. The summed E-state index contributed by atoms with van der Waals surface area (Å²) in [6.07, 6.45) is 3.75. The van der Waals surface area contributed by atoms with Gasteiger partial charge in [-0.3, -0.25) is 14.9 Å². The molecule has 3 fully saturated rings. The fourth-order valence-electron chi connectivity index (χ4n) is 2.76. The van der Waals surface area contributed by atoms with Gasteiger partial charge in [-0.1, -0.05) is 0 Å². The lowest BCUT2D eigenvalue weighted by Crippen LogP contribution is -2.45. The molecule has 5 heteroatoms. The molecule has 3 saturated heterocycles. The molecule has 0 aromatic heterocycles. The molecule has 3 aliphatic heterocycles. The summed E-state index contributed by atoms with van der Waals surface area (Å²) in [4.78, 5) is 24.4. The molecule has 1 aromatic rings. The van der Waals surface area contributed by atoms with Crippen molar-refractivity contribution in [3.63, 3.8) is 0 Å². The minimum Gasteiger partial charge on any atom is -0.369 e. The van der Waals surface area contributed by atoms with E-state index in [2.05, 4.69) is 4.90 Å². The van der Waals surface area contributed by atoms with Crippen LogP contribution in [-0.2, 0) is 4.79 Å². The van der Waals surface area contributed by atoms with Crippen molar-refractivity contribution in [2.75, 3.05) is 13.1 Å². The normalized spacial score (nSPS) is 21.2. The summed E-state index contributed by atoms with van der Waals surface area (Å²) < 4.78 is 0. The van der Waals surface area contributed by atoms with Crippen molar-refractivity contribution in [2.24, 2.45) is 5.92 Å². The molecule has 2 bridgehead atoms. The van der Waals surface area contributed by atoms with Crippen molar-refractivity contribution >= 4 is 17.5 Å². The number of ketones is 1. The van der Waals surface area contributed by atoms with E-state index >= 15 is 0 Å². The molecule has 1 aromatic carbocycles. The van der Waals surface area contributed by atoms with Gasteiger partial charge >= 0.3 is 0 Å². The number of carbonyl (C=O) groups excluding carboxylic acids is 1. The van der Waals surface area contributed by atoms with Gasteiger partial charge < -0.3 is 4.90 Å². The van der Waals surface area contributed by atoms with Crippen LogP contribution in [0.15, 0.2) is 30.0 Å². The van der Waals surface area contributed by atoms with Crippen LogP contribution in [0.4, 0.5) is 5.69 Å². The highest BCUT2D eigenvalue weighted by Crippen LogP contribution is 2.32. The lowest BCUT2D eigenvalue weighted by molar-refractivity contribution is -0.384. The lowest BCUT2D eigenvalue weighted by Gasteiger charge is -2.41. The fraction of sp³-hybridized carbons (Fsp3) is 0.357. The average Bonchev–Trinajstić information content (AvgIpc) is 2.44. The van der Waals surface area contributed by atoms with E-state index in [-0.39, 0.29) is 17.4 Å². The summed E-state index contributed by atoms with van der Waals surface area (Å²) in [5.74, 6) is 0.394. The molecule has 0 atom stereocenters.